The summed E-state index contributed by atoms with van der Waals surface area (Å²) < 4.78 is 2.25. The number of imidazole rings is 1. The lowest BCUT2D eigenvalue weighted by Crippen LogP contribution is -2.38. The number of aryl methyl sites for hydroxylation is 1. The van der Waals surface area contributed by atoms with Crippen molar-refractivity contribution < 1.29 is 0 Å². The van der Waals surface area contributed by atoms with E-state index in [4.69, 9.17) is 0 Å². The Morgan fingerprint density at radius 1 is 1.42 bits per heavy atom. The van der Waals surface area contributed by atoms with Crippen LogP contribution in [0, 0.1) is 6.92 Å². The van der Waals surface area contributed by atoms with Gasteiger partial charge in [-0.1, -0.05) is 0 Å². The van der Waals surface area contributed by atoms with E-state index in [1.54, 1.807) is 0 Å². The number of aromatic nitrogens is 2. The fraction of sp³-hybridized carbons (Fsp3) is 0.500. The highest BCUT2D eigenvalue weighted by Gasteiger charge is 2.15. The van der Waals surface area contributed by atoms with Crippen LogP contribution >= 0.6 is 11.3 Å². The molecule has 0 fully saturated rings. The third-order valence-corrected chi connectivity index (χ3v) is 4.71. The van der Waals surface area contributed by atoms with Gasteiger partial charge in [-0.3, -0.25) is 4.90 Å². The second-order valence-electron chi connectivity index (χ2n) is 5.02. The lowest BCUT2D eigenvalue weighted by Gasteiger charge is -2.27. The Morgan fingerprint density at radius 2 is 2.37 bits per heavy atom. The molecular formula is C14H20N4S. The van der Waals surface area contributed by atoms with Crippen LogP contribution in [0.2, 0.25) is 0 Å². The molecule has 3 heterocycles. The molecule has 1 aliphatic rings. The molecule has 0 bridgehead atoms. The number of nitrogens with zero attached hydrogens (tertiary/aromatic N) is 3. The number of thiophene rings is 1. The molecule has 0 saturated heterocycles. The van der Waals surface area contributed by atoms with Crippen molar-refractivity contribution in [1.29, 1.82) is 0 Å². The van der Waals surface area contributed by atoms with E-state index in [1.807, 2.05) is 17.5 Å². The summed E-state index contributed by atoms with van der Waals surface area (Å²) in [6, 6.07) is 2.19. The van der Waals surface area contributed by atoms with Gasteiger partial charge in [0, 0.05) is 50.0 Å². The predicted octanol–water partition coefficient (Wildman–Crippen LogP) is 1.86. The molecule has 0 aliphatic carbocycles. The molecule has 0 radical (unpaired) electrons. The van der Waals surface area contributed by atoms with Gasteiger partial charge in [0.2, 0.25) is 0 Å². The third kappa shape index (κ3) is 3.05. The van der Waals surface area contributed by atoms with Crippen LogP contribution in [0.25, 0.3) is 0 Å². The Morgan fingerprint density at radius 3 is 3.21 bits per heavy atom. The van der Waals surface area contributed by atoms with E-state index in [2.05, 4.69) is 44.3 Å². The van der Waals surface area contributed by atoms with Crippen molar-refractivity contribution >= 4 is 11.3 Å². The minimum Gasteiger partial charge on any atom is -0.333 e. The molecule has 0 aromatic carbocycles. The van der Waals surface area contributed by atoms with Gasteiger partial charge in [0.25, 0.3) is 0 Å². The van der Waals surface area contributed by atoms with Gasteiger partial charge < -0.3 is 9.88 Å². The fourth-order valence-electron chi connectivity index (χ4n) is 2.44. The molecular weight excluding hydrogens is 256 g/mol. The Bertz CT molecular complexity index is 531. The van der Waals surface area contributed by atoms with Crippen molar-refractivity contribution in [2.24, 2.45) is 0 Å². The Balaban J connectivity index is 1.41. The van der Waals surface area contributed by atoms with E-state index in [0.717, 1.165) is 39.3 Å². The molecule has 5 heteroatoms. The Labute approximate surface area is 118 Å². The first-order chi connectivity index (χ1) is 9.33. The third-order valence-electron chi connectivity index (χ3n) is 3.68. The highest BCUT2D eigenvalue weighted by molar-refractivity contribution is 7.10. The van der Waals surface area contributed by atoms with E-state index in [1.165, 1.54) is 16.3 Å². The van der Waals surface area contributed by atoms with E-state index < -0.39 is 0 Å². The van der Waals surface area contributed by atoms with E-state index in [9.17, 15) is 0 Å². The zero-order chi connectivity index (χ0) is 13.1. The largest absolute Gasteiger partial charge is 0.333 e. The maximum absolute atomic E-state index is 4.39. The average Bonchev–Trinajstić information content (AvgIpc) is 3.03. The molecule has 102 valence electrons. The Kier molecular flexibility index (Phi) is 3.96. The number of nitrogens with one attached hydrogen (secondary N) is 1. The van der Waals surface area contributed by atoms with Crippen LogP contribution in [0.15, 0.2) is 23.8 Å². The molecule has 19 heavy (non-hydrogen) atoms. The van der Waals surface area contributed by atoms with E-state index in [0.29, 0.717) is 0 Å². The second kappa shape index (κ2) is 5.86. The normalized spacial score (nSPS) is 15.6. The summed E-state index contributed by atoms with van der Waals surface area (Å²) >= 11 is 1.84. The maximum atomic E-state index is 4.39. The summed E-state index contributed by atoms with van der Waals surface area (Å²) in [5.41, 5.74) is 1.40. The first kappa shape index (κ1) is 12.8. The zero-order valence-electron chi connectivity index (χ0n) is 11.3. The standard InChI is InChI=1S/C14H20N4S/c1-12-2-9-19-13(12)10-15-3-5-17-7-8-18-6-4-16-14(18)11-17/h2,4,6,9,15H,3,5,7-8,10-11H2,1H3. The van der Waals surface area contributed by atoms with Gasteiger partial charge in [-0.2, -0.15) is 0 Å². The molecule has 4 nitrogen and oxygen atoms in total. The average molecular weight is 276 g/mol. The topological polar surface area (TPSA) is 33.1 Å². The maximum Gasteiger partial charge on any atom is 0.122 e. The van der Waals surface area contributed by atoms with Crippen molar-refractivity contribution in [1.82, 2.24) is 19.8 Å². The number of fused-ring (bicyclic) bond motifs is 1. The van der Waals surface area contributed by atoms with Crippen LogP contribution in [0.3, 0.4) is 0 Å². The quantitative estimate of drug-likeness (QED) is 0.846. The summed E-state index contributed by atoms with van der Waals surface area (Å²) in [6.45, 7) is 8.48. The molecule has 0 spiro atoms. The summed E-state index contributed by atoms with van der Waals surface area (Å²) in [7, 11) is 0. The van der Waals surface area contributed by atoms with Crippen LogP contribution in [-0.2, 0) is 19.6 Å². The van der Waals surface area contributed by atoms with Gasteiger partial charge in [-0.15, -0.1) is 11.3 Å². The van der Waals surface area contributed by atoms with E-state index >= 15 is 0 Å². The summed E-state index contributed by atoms with van der Waals surface area (Å²) in [4.78, 5) is 8.31. The van der Waals surface area contributed by atoms with Gasteiger partial charge in [-0.25, -0.2) is 4.98 Å². The molecule has 1 N–H and O–H groups in total. The first-order valence-electron chi connectivity index (χ1n) is 6.79. The van der Waals surface area contributed by atoms with Crippen molar-refractivity contribution in [2.75, 3.05) is 19.6 Å². The molecule has 2 aromatic heterocycles. The van der Waals surface area contributed by atoms with Crippen LogP contribution in [0.5, 0.6) is 0 Å². The summed E-state index contributed by atoms with van der Waals surface area (Å²) in [6.07, 6.45) is 3.97. The fourth-order valence-corrected chi connectivity index (χ4v) is 3.31. The number of hydrogen-bond donors (Lipinski definition) is 1. The number of rotatable bonds is 5. The van der Waals surface area contributed by atoms with Gasteiger partial charge in [0.05, 0.1) is 6.54 Å². The minimum absolute atomic E-state index is 0.979. The van der Waals surface area contributed by atoms with Crippen LogP contribution in [0.1, 0.15) is 16.3 Å². The van der Waals surface area contributed by atoms with Gasteiger partial charge in [0.1, 0.15) is 5.82 Å². The monoisotopic (exact) mass is 276 g/mol. The lowest BCUT2D eigenvalue weighted by atomic mass is 10.3. The lowest BCUT2D eigenvalue weighted by molar-refractivity contribution is 0.217. The smallest absolute Gasteiger partial charge is 0.122 e. The molecule has 0 saturated carbocycles. The molecule has 0 atom stereocenters. The molecule has 0 amide bonds. The van der Waals surface area contributed by atoms with Gasteiger partial charge in [0.15, 0.2) is 0 Å². The van der Waals surface area contributed by atoms with E-state index in [-0.39, 0.29) is 0 Å². The van der Waals surface area contributed by atoms with Crippen molar-refractivity contribution in [2.45, 2.75) is 26.6 Å². The van der Waals surface area contributed by atoms with Gasteiger partial charge in [-0.05, 0) is 23.9 Å². The highest BCUT2D eigenvalue weighted by atomic mass is 32.1. The van der Waals surface area contributed by atoms with Crippen LogP contribution < -0.4 is 5.32 Å². The second-order valence-corrected chi connectivity index (χ2v) is 6.02. The van der Waals surface area contributed by atoms with Crippen LogP contribution in [0.4, 0.5) is 0 Å². The predicted molar refractivity (Wildman–Crippen MR) is 78.3 cm³/mol. The molecule has 0 unspecified atom stereocenters. The van der Waals surface area contributed by atoms with Crippen molar-refractivity contribution in [3.05, 3.63) is 40.1 Å². The van der Waals surface area contributed by atoms with Crippen molar-refractivity contribution in [3.8, 4) is 0 Å². The van der Waals surface area contributed by atoms with Crippen LogP contribution in [-0.4, -0.2) is 34.1 Å². The summed E-state index contributed by atoms with van der Waals surface area (Å²) in [5.74, 6) is 1.19. The highest BCUT2D eigenvalue weighted by Crippen LogP contribution is 2.14. The molecule has 1 aliphatic heterocycles. The van der Waals surface area contributed by atoms with Gasteiger partial charge >= 0.3 is 0 Å². The first-order valence-corrected chi connectivity index (χ1v) is 7.67. The molecule has 3 rings (SSSR count). The number of hydrogen-bond acceptors (Lipinski definition) is 4. The summed E-state index contributed by atoms with van der Waals surface area (Å²) in [5, 5.41) is 5.70. The minimum atomic E-state index is 0.979. The zero-order valence-corrected chi connectivity index (χ0v) is 12.1. The SMILES string of the molecule is Cc1ccsc1CNCCN1CCn2ccnc2C1. The molecule has 2 aromatic rings. The Hall–Kier alpha value is -1.17. The van der Waals surface area contributed by atoms with Crippen molar-refractivity contribution in [3.63, 3.8) is 0 Å².